The van der Waals surface area contributed by atoms with Crippen LogP contribution in [0.5, 0.6) is 0 Å². The van der Waals surface area contributed by atoms with Crippen molar-refractivity contribution < 1.29 is 13.9 Å². The van der Waals surface area contributed by atoms with E-state index in [1.165, 1.54) is 6.07 Å². The Morgan fingerprint density at radius 1 is 1.14 bits per heavy atom. The number of carbonyl (C=O) groups excluding carboxylic acids is 1. The predicted octanol–water partition coefficient (Wildman–Crippen LogP) is 3.88. The van der Waals surface area contributed by atoms with E-state index in [0.29, 0.717) is 16.6 Å². The molecule has 0 bridgehead atoms. The Labute approximate surface area is 172 Å². The van der Waals surface area contributed by atoms with E-state index in [1.807, 2.05) is 29.2 Å². The largest absolute Gasteiger partial charge is 0.379 e. The molecule has 0 saturated carbocycles. The summed E-state index contributed by atoms with van der Waals surface area (Å²) in [6.07, 6.45) is 0.540. The first-order chi connectivity index (χ1) is 13.6. The number of hydrogen-bond acceptors (Lipinski definition) is 4. The minimum Gasteiger partial charge on any atom is -0.379 e. The summed E-state index contributed by atoms with van der Waals surface area (Å²) in [5.74, 6) is -0.313. The van der Waals surface area contributed by atoms with Gasteiger partial charge in [-0.05, 0) is 52.2 Å². The first-order valence-corrected chi connectivity index (χ1v) is 10.3. The van der Waals surface area contributed by atoms with E-state index < -0.39 is 0 Å². The van der Waals surface area contributed by atoms with Crippen molar-refractivity contribution in [2.24, 2.45) is 0 Å². The summed E-state index contributed by atoms with van der Waals surface area (Å²) in [6.45, 7) is 4.95. The second-order valence-electron chi connectivity index (χ2n) is 7.07. The van der Waals surface area contributed by atoms with Crippen molar-refractivity contribution in [2.75, 3.05) is 44.7 Å². The van der Waals surface area contributed by atoms with Crippen molar-refractivity contribution in [2.45, 2.75) is 12.6 Å². The van der Waals surface area contributed by atoms with Crippen molar-refractivity contribution in [3.05, 3.63) is 63.9 Å². The van der Waals surface area contributed by atoms with E-state index in [0.717, 1.165) is 50.5 Å². The van der Waals surface area contributed by atoms with Crippen LogP contribution in [0.15, 0.2) is 46.9 Å². The molecule has 0 spiro atoms. The second kappa shape index (κ2) is 8.59. The maximum Gasteiger partial charge on any atom is 0.257 e. The zero-order valence-electron chi connectivity index (χ0n) is 15.5. The Morgan fingerprint density at radius 3 is 2.71 bits per heavy atom. The molecule has 1 unspecified atom stereocenters. The van der Waals surface area contributed by atoms with Crippen LogP contribution in [0.1, 0.15) is 28.5 Å². The van der Waals surface area contributed by atoms with E-state index in [1.54, 1.807) is 12.1 Å². The van der Waals surface area contributed by atoms with Gasteiger partial charge in [0, 0.05) is 31.9 Å². The Kier molecular flexibility index (Phi) is 5.94. The zero-order chi connectivity index (χ0) is 19.5. The van der Waals surface area contributed by atoms with Crippen LogP contribution in [0.25, 0.3) is 0 Å². The summed E-state index contributed by atoms with van der Waals surface area (Å²) in [4.78, 5) is 17.4. The van der Waals surface area contributed by atoms with Gasteiger partial charge in [-0.15, -0.1) is 0 Å². The molecule has 0 radical (unpaired) electrons. The molecule has 1 N–H and O–H groups in total. The highest BCUT2D eigenvalue weighted by Crippen LogP contribution is 2.34. The minimum atomic E-state index is -0.330. The molecule has 0 aromatic heterocycles. The van der Waals surface area contributed by atoms with Gasteiger partial charge >= 0.3 is 0 Å². The highest BCUT2D eigenvalue weighted by molar-refractivity contribution is 9.10. The number of anilines is 1. The van der Waals surface area contributed by atoms with Crippen LogP contribution in [0.2, 0.25) is 0 Å². The topological polar surface area (TPSA) is 44.8 Å². The van der Waals surface area contributed by atoms with Gasteiger partial charge in [0.25, 0.3) is 5.91 Å². The van der Waals surface area contributed by atoms with Gasteiger partial charge in [-0.2, -0.15) is 0 Å². The number of fused-ring (bicyclic) bond motifs is 1. The molecular weight excluding hydrogens is 425 g/mol. The van der Waals surface area contributed by atoms with E-state index >= 15 is 0 Å². The molecule has 4 rings (SSSR count). The van der Waals surface area contributed by atoms with E-state index in [-0.39, 0.29) is 17.9 Å². The van der Waals surface area contributed by atoms with Crippen molar-refractivity contribution in [1.29, 1.82) is 0 Å². The number of para-hydroxylation sites is 1. The van der Waals surface area contributed by atoms with Gasteiger partial charge in [0.05, 0.1) is 23.2 Å². The molecule has 2 aromatic carbocycles. The number of morpholine rings is 1. The van der Waals surface area contributed by atoms with Crippen LogP contribution in [0.4, 0.5) is 10.1 Å². The lowest BCUT2D eigenvalue weighted by Crippen LogP contribution is -2.44. The smallest absolute Gasteiger partial charge is 0.257 e. The Morgan fingerprint density at radius 2 is 1.93 bits per heavy atom. The van der Waals surface area contributed by atoms with Gasteiger partial charge in [0.15, 0.2) is 0 Å². The van der Waals surface area contributed by atoms with Gasteiger partial charge in [-0.1, -0.05) is 18.2 Å². The van der Waals surface area contributed by atoms with Crippen molar-refractivity contribution in [1.82, 2.24) is 9.80 Å². The third kappa shape index (κ3) is 4.06. The van der Waals surface area contributed by atoms with Crippen LogP contribution in [-0.4, -0.2) is 55.1 Å². The number of benzene rings is 2. The maximum atomic E-state index is 13.7. The molecule has 2 aliphatic rings. The van der Waals surface area contributed by atoms with E-state index in [4.69, 9.17) is 4.74 Å². The lowest BCUT2D eigenvalue weighted by atomic mass is 10.0. The molecular formula is C21H23BrFN3O2. The van der Waals surface area contributed by atoms with E-state index in [2.05, 4.69) is 26.1 Å². The van der Waals surface area contributed by atoms with Crippen LogP contribution in [-0.2, 0) is 4.74 Å². The Balaban J connectivity index is 1.55. The fraction of sp³-hybridized carbons (Fsp3) is 0.381. The van der Waals surface area contributed by atoms with Gasteiger partial charge in [0.2, 0.25) is 0 Å². The molecule has 2 aliphatic heterocycles. The first-order valence-electron chi connectivity index (χ1n) is 9.55. The fourth-order valence-electron chi connectivity index (χ4n) is 3.76. The standard InChI is InChI=1S/C21H23BrFN3O2/c22-17-14-15(6-7-18(17)23)20-24-19-5-2-1-4-16(19)21(27)26(20)9-3-8-25-10-12-28-13-11-25/h1-2,4-7,14,20,24H,3,8-13H2. The third-order valence-corrected chi connectivity index (χ3v) is 5.87. The molecule has 7 heteroatoms. The summed E-state index contributed by atoms with van der Waals surface area (Å²) in [5.41, 5.74) is 2.33. The van der Waals surface area contributed by atoms with Crippen molar-refractivity contribution in [3.8, 4) is 0 Å². The van der Waals surface area contributed by atoms with Gasteiger partial charge in [-0.3, -0.25) is 9.69 Å². The first kappa shape index (κ1) is 19.4. The van der Waals surface area contributed by atoms with E-state index in [9.17, 15) is 9.18 Å². The van der Waals surface area contributed by atoms with Crippen molar-refractivity contribution >= 4 is 27.5 Å². The minimum absolute atomic E-state index is 0.00164. The molecule has 2 heterocycles. The molecule has 1 atom stereocenters. The predicted molar refractivity (Wildman–Crippen MR) is 110 cm³/mol. The SMILES string of the molecule is O=C1c2ccccc2NC(c2ccc(F)c(Br)c2)N1CCCN1CCOCC1. The average molecular weight is 448 g/mol. The summed E-state index contributed by atoms with van der Waals surface area (Å²) in [5, 5.41) is 3.46. The molecule has 28 heavy (non-hydrogen) atoms. The maximum absolute atomic E-state index is 13.7. The van der Waals surface area contributed by atoms with Crippen LogP contribution < -0.4 is 5.32 Å². The molecule has 5 nitrogen and oxygen atoms in total. The van der Waals surface area contributed by atoms with Crippen LogP contribution in [0, 0.1) is 5.82 Å². The van der Waals surface area contributed by atoms with Gasteiger partial charge < -0.3 is 15.0 Å². The van der Waals surface area contributed by atoms with Crippen molar-refractivity contribution in [3.63, 3.8) is 0 Å². The summed E-state index contributed by atoms with van der Waals surface area (Å²) in [7, 11) is 0. The van der Waals surface area contributed by atoms with Crippen LogP contribution >= 0.6 is 15.9 Å². The summed E-state index contributed by atoms with van der Waals surface area (Å²) >= 11 is 3.26. The lowest BCUT2D eigenvalue weighted by Gasteiger charge is -2.38. The van der Waals surface area contributed by atoms with Gasteiger partial charge in [0.1, 0.15) is 12.0 Å². The Hall–Kier alpha value is -1.96. The number of halogens is 2. The monoisotopic (exact) mass is 447 g/mol. The molecule has 0 aliphatic carbocycles. The number of nitrogens with one attached hydrogen (secondary N) is 1. The second-order valence-corrected chi connectivity index (χ2v) is 7.93. The number of amides is 1. The summed E-state index contributed by atoms with van der Waals surface area (Å²) < 4.78 is 19.5. The quantitative estimate of drug-likeness (QED) is 0.755. The number of rotatable bonds is 5. The molecule has 148 valence electrons. The molecule has 1 fully saturated rings. The number of hydrogen-bond donors (Lipinski definition) is 1. The zero-order valence-corrected chi connectivity index (χ0v) is 17.1. The number of ether oxygens (including phenoxy) is 1. The number of carbonyl (C=O) groups is 1. The summed E-state index contributed by atoms with van der Waals surface area (Å²) in [6, 6.07) is 12.4. The highest BCUT2D eigenvalue weighted by atomic mass is 79.9. The number of nitrogens with zero attached hydrogens (tertiary/aromatic N) is 2. The van der Waals surface area contributed by atoms with Gasteiger partial charge in [-0.25, -0.2) is 4.39 Å². The molecule has 1 saturated heterocycles. The third-order valence-electron chi connectivity index (χ3n) is 5.26. The lowest BCUT2D eigenvalue weighted by molar-refractivity contribution is 0.0348. The average Bonchev–Trinajstić information content (AvgIpc) is 2.72. The molecule has 2 aromatic rings. The fourth-order valence-corrected chi connectivity index (χ4v) is 4.15. The Bertz CT molecular complexity index is 857. The normalized spacial score (nSPS) is 20.0. The molecule has 1 amide bonds. The van der Waals surface area contributed by atoms with Crippen LogP contribution in [0.3, 0.4) is 0 Å². The highest BCUT2D eigenvalue weighted by Gasteiger charge is 2.32.